The Morgan fingerprint density at radius 1 is 1.28 bits per heavy atom. The number of Topliss-reactive ketones (excluding diaryl/α,β-unsaturated/α-hetero) is 1. The fourth-order valence-corrected chi connectivity index (χ4v) is 1.99. The van der Waals surface area contributed by atoms with E-state index in [4.69, 9.17) is 4.74 Å². The van der Waals surface area contributed by atoms with Crippen LogP contribution in [-0.4, -0.2) is 28.8 Å². The fraction of sp³-hybridized carbons (Fsp3) is 0.714. The number of carbonyl (C=O) groups is 1. The van der Waals surface area contributed by atoms with Crippen molar-refractivity contribution in [2.24, 2.45) is 0 Å². The molecule has 1 aromatic rings. The molecule has 1 aromatic heterocycles. The molecule has 4 heteroatoms. The molecular weight excluding hydrogens is 228 g/mol. The van der Waals surface area contributed by atoms with E-state index in [1.807, 2.05) is 25.5 Å². The van der Waals surface area contributed by atoms with Gasteiger partial charge >= 0.3 is 0 Å². The number of nitrogens with zero attached hydrogens (tertiary/aromatic N) is 2. The van der Waals surface area contributed by atoms with Gasteiger partial charge in [0.05, 0.1) is 24.4 Å². The topological polar surface area (TPSA) is 44.1 Å². The summed E-state index contributed by atoms with van der Waals surface area (Å²) >= 11 is 0. The van der Waals surface area contributed by atoms with Gasteiger partial charge in [0.15, 0.2) is 5.78 Å². The van der Waals surface area contributed by atoms with Crippen molar-refractivity contribution in [3.05, 3.63) is 17.0 Å². The van der Waals surface area contributed by atoms with Crippen LogP contribution in [0, 0.1) is 13.8 Å². The molecule has 0 bridgehead atoms. The van der Waals surface area contributed by atoms with Gasteiger partial charge in [0.2, 0.25) is 0 Å². The standard InChI is InChI=1S/C14H24N2O2/c1-5-7-9-18-10-8-16-12(4)14(11(3)15-16)13(17)6-2/h5-10H2,1-4H3. The van der Waals surface area contributed by atoms with Crippen LogP contribution < -0.4 is 0 Å². The molecule has 0 aliphatic heterocycles. The Balaban J connectivity index is 2.59. The Labute approximate surface area is 109 Å². The Kier molecular flexibility index (Phi) is 6.05. The first kappa shape index (κ1) is 14.9. The number of aromatic nitrogens is 2. The number of ether oxygens (including phenoxy) is 1. The number of aryl methyl sites for hydroxylation is 1. The number of carbonyl (C=O) groups excluding carboxylic acids is 1. The van der Waals surface area contributed by atoms with Crippen molar-refractivity contribution in [1.29, 1.82) is 0 Å². The van der Waals surface area contributed by atoms with Crippen LogP contribution in [0.15, 0.2) is 0 Å². The molecule has 0 saturated heterocycles. The zero-order valence-corrected chi connectivity index (χ0v) is 12.0. The van der Waals surface area contributed by atoms with Gasteiger partial charge in [0.25, 0.3) is 0 Å². The average molecular weight is 252 g/mol. The van der Waals surface area contributed by atoms with E-state index in [1.54, 1.807) is 0 Å². The molecule has 0 saturated carbocycles. The molecule has 0 aromatic carbocycles. The normalized spacial score (nSPS) is 10.9. The lowest BCUT2D eigenvalue weighted by atomic mass is 10.1. The quantitative estimate of drug-likeness (QED) is 0.528. The first-order chi connectivity index (χ1) is 8.61. The van der Waals surface area contributed by atoms with Crippen LogP contribution in [0.4, 0.5) is 0 Å². The number of hydrogen-bond donors (Lipinski definition) is 0. The molecule has 0 aliphatic rings. The van der Waals surface area contributed by atoms with E-state index in [-0.39, 0.29) is 5.78 Å². The number of unbranched alkanes of at least 4 members (excludes halogenated alkanes) is 1. The van der Waals surface area contributed by atoms with Gasteiger partial charge in [0.1, 0.15) is 0 Å². The SMILES string of the molecule is CCCCOCCn1nc(C)c(C(=O)CC)c1C. The molecule has 0 aliphatic carbocycles. The number of ketones is 1. The van der Waals surface area contributed by atoms with Crippen molar-refractivity contribution in [2.45, 2.75) is 53.5 Å². The molecule has 4 nitrogen and oxygen atoms in total. The third-order valence-electron chi connectivity index (χ3n) is 3.07. The highest BCUT2D eigenvalue weighted by molar-refractivity contribution is 5.97. The molecule has 0 spiro atoms. The molecule has 0 N–H and O–H groups in total. The smallest absolute Gasteiger partial charge is 0.166 e. The van der Waals surface area contributed by atoms with Crippen molar-refractivity contribution >= 4 is 5.78 Å². The molecular formula is C14H24N2O2. The van der Waals surface area contributed by atoms with E-state index in [9.17, 15) is 4.79 Å². The van der Waals surface area contributed by atoms with Crippen LogP contribution in [-0.2, 0) is 11.3 Å². The summed E-state index contributed by atoms with van der Waals surface area (Å²) < 4.78 is 7.40. The predicted octanol–water partition coefficient (Wildman–Crippen LogP) is 2.91. The van der Waals surface area contributed by atoms with E-state index >= 15 is 0 Å². The average Bonchev–Trinajstić information content (AvgIpc) is 2.63. The lowest BCUT2D eigenvalue weighted by molar-refractivity contribution is 0.0986. The van der Waals surface area contributed by atoms with Crippen LogP contribution >= 0.6 is 0 Å². The second-order valence-electron chi connectivity index (χ2n) is 4.51. The van der Waals surface area contributed by atoms with Gasteiger partial charge in [-0.1, -0.05) is 20.3 Å². The summed E-state index contributed by atoms with van der Waals surface area (Å²) in [6, 6.07) is 0. The maximum absolute atomic E-state index is 11.8. The van der Waals surface area contributed by atoms with E-state index in [2.05, 4.69) is 12.0 Å². The summed E-state index contributed by atoms with van der Waals surface area (Å²) in [5.41, 5.74) is 2.57. The lowest BCUT2D eigenvalue weighted by Gasteiger charge is -2.06. The summed E-state index contributed by atoms with van der Waals surface area (Å²) in [6.07, 6.45) is 2.77. The van der Waals surface area contributed by atoms with E-state index in [0.717, 1.165) is 36.4 Å². The summed E-state index contributed by atoms with van der Waals surface area (Å²) in [6.45, 7) is 10.0. The molecule has 102 valence electrons. The van der Waals surface area contributed by atoms with E-state index in [0.29, 0.717) is 19.6 Å². The Bertz CT molecular complexity index is 397. The van der Waals surface area contributed by atoms with E-state index < -0.39 is 0 Å². The van der Waals surface area contributed by atoms with Gasteiger partial charge in [-0.2, -0.15) is 5.10 Å². The van der Waals surface area contributed by atoms with Crippen LogP contribution in [0.1, 0.15) is 54.9 Å². The second-order valence-corrected chi connectivity index (χ2v) is 4.51. The monoisotopic (exact) mass is 252 g/mol. The molecule has 18 heavy (non-hydrogen) atoms. The Morgan fingerprint density at radius 3 is 2.61 bits per heavy atom. The molecule has 0 unspecified atom stereocenters. The number of hydrogen-bond acceptors (Lipinski definition) is 3. The molecule has 0 fully saturated rings. The van der Waals surface area contributed by atoms with Crippen LogP contribution in [0.5, 0.6) is 0 Å². The van der Waals surface area contributed by atoms with Crippen molar-refractivity contribution in [3.8, 4) is 0 Å². The van der Waals surface area contributed by atoms with Crippen molar-refractivity contribution in [2.75, 3.05) is 13.2 Å². The summed E-state index contributed by atoms with van der Waals surface area (Å²) in [7, 11) is 0. The minimum Gasteiger partial charge on any atom is -0.380 e. The summed E-state index contributed by atoms with van der Waals surface area (Å²) in [5.74, 6) is 0.170. The minimum atomic E-state index is 0.170. The lowest BCUT2D eigenvalue weighted by Crippen LogP contribution is -2.10. The minimum absolute atomic E-state index is 0.170. The zero-order chi connectivity index (χ0) is 13.5. The highest BCUT2D eigenvalue weighted by Crippen LogP contribution is 2.15. The predicted molar refractivity (Wildman–Crippen MR) is 72.0 cm³/mol. The van der Waals surface area contributed by atoms with Gasteiger partial charge in [-0.3, -0.25) is 9.48 Å². The maximum atomic E-state index is 11.8. The molecule has 0 atom stereocenters. The second kappa shape index (κ2) is 7.31. The number of rotatable bonds is 8. The van der Waals surface area contributed by atoms with Gasteiger partial charge in [0, 0.05) is 18.7 Å². The molecule has 0 amide bonds. The summed E-state index contributed by atoms with van der Waals surface area (Å²) in [4.78, 5) is 11.8. The van der Waals surface area contributed by atoms with Gasteiger partial charge in [-0.05, 0) is 20.3 Å². The van der Waals surface area contributed by atoms with Gasteiger partial charge in [-0.15, -0.1) is 0 Å². The Hall–Kier alpha value is -1.16. The van der Waals surface area contributed by atoms with Crippen molar-refractivity contribution in [1.82, 2.24) is 9.78 Å². The zero-order valence-electron chi connectivity index (χ0n) is 12.0. The maximum Gasteiger partial charge on any atom is 0.166 e. The third kappa shape index (κ3) is 3.67. The first-order valence-corrected chi connectivity index (χ1v) is 6.76. The highest BCUT2D eigenvalue weighted by atomic mass is 16.5. The Morgan fingerprint density at radius 2 is 2.00 bits per heavy atom. The van der Waals surface area contributed by atoms with Crippen LogP contribution in [0.3, 0.4) is 0 Å². The largest absolute Gasteiger partial charge is 0.380 e. The molecule has 1 rings (SSSR count). The third-order valence-corrected chi connectivity index (χ3v) is 3.07. The van der Waals surface area contributed by atoms with Gasteiger partial charge < -0.3 is 4.74 Å². The first-order valence-electron chi connectivity index (χ1n) is 6.76. The van der Waals surface area contributed by atoms with Gasteiger partial charge in [-0.25, -0.2) is 0 Å². The molecule has 0 radical (unpaired) electrons. The van der Waals surface area contributed by atoms with Crippen LogP contribution in [0.2, 0.25) is 0 Å². The van der Waals surface area contributed by atoms with Crippen molar-refractivity contribution < 1.29 is 9.53 Å². The van der Waals surface area contributed by atoms with E-state index in [1.165, 1.54) is 0 Å². The summed E-state index contributed by atoms with van der Waals surface area (Å²) in [5, 5.41) is 4.41. The highest BCUT2D eigenvalue weighted by Gasteiger charge is 2.16. The molecule has 1 heterocycles. The van der Waals surface area contributed by atoms with Crippen LogP contribution in [0.25, 0.3) is 0 Å². The fourth-order valence-electron chi connectivity index (χ4n) is 1.99. The van der Waals surface area contributed by atoms with Crippen molar-refractivity contribution in [3.63, 3.8) is 0 Å².